The maximum atomic E-state index is 11.0. The summed E-state index contributed by atoms with van der Waals surface area (Å²) in [5.41, 5.74) is 1.97. The second-order valence-electron chi connectivity index (χ2n) is 7.50. The Balaban J connectivity index is 0.000000308. The van der Waals surface area contributed by atoms with Gasteiger partial charge >= 0.3 is 20.8 Å². The molecule has 32 heavy (non-hydrogen) atoms. The Morgan fingerprint density at radius 1 is 1.06 bits per heavy atom. The fourth-order valence-corrected chi connectivity index (χ4v) is 4.29. The van der Waals surface area contributed by atoms with E-state index in [0.717, 1.165) is 36.0 Å². The molecule has 5 unspecified atom stereocenters. The summed E-state index contributed by atoms with van der Waals surface area (Å²) in [5.74, 6) is 1.27. The number of rotatable bonds is 3. The van der Waals surface area contributed by atoms with Crippen LogP contribution in [0.15, 0.2) is 49.2 Å². The van der Waals surface area contributed by atoms with Crippen LogP contribution in [0.1, 0.15) is 24.5 Å². The van der Waals surface area contributed by atoms with Gasteiger partial charge in [0.25, 0.3) is 0 Å². The molecule has 178 valence electrons. The standard InChI is InChI=1S/C19H22N2O.2H2O4S/c1-2-13-12-21-10-8-14(13)11-18(21)19(22)16-7-9-20-17-6-4-3-5-15(16)17;2*1-5(2,3)4/h2-7,9,13-14,18-19,22H,1,8,10-12H2;2*(H2,1,2,3,4). The molecule has 11 nitrogen and oxygen atoms in total. The van der Waals surface area contributed by atoms with E-state index in [4.69, 9.17) is 35.0 Å². The van der Waals surface area contributed by atoms with Crippen LogP contribution in [-0.2, 0) is 20.8 Å². The molecule has 13 heteroatoms. The first kappa shape index (κ1) is 26.3. The molecule has 5 atom stereocenters. The molecule has 0 radical (unpaired) electrons. The van der Waals surface area contributed by atoms with Gasteiger partial charge in [-0.2, -0.15) is 16.8 Å². The van der Waals surface area contributed by atoms with Crippen molar-refractivity contribution in [3.63, 3.8) is 0 Å². The first-order valence-electron chi connectivity index (χ1n) is 9.56. The number of nitrogens with zero attached hydrogens (tertiary/aromatic N) is 2. The fraction of sp³-hybridized carbons (Fsp3) is 0.421. The van der Waals surface area contributed by atoms with Crippen molar-refractivity contribution in [2.75, 3.05) is 13.1 Å². The number of fused-ring (bicyclic) bond motifs is 4. The highest BCUT2D eigenvalue weighted by molar-refractivity contribution is 7.80. The van der Waals surface area contributed by atoms with E-state index in [1.54, 1.807) is 0 Å². The van der Waals surface area contributed by atoms with Gasteiger partial charge in [0.15, 0.2) is 0 Å². The molecule has 3 fully saturated rings. The van der Waals surface area contributed by atoms with Crippen molar-refractivity contribution in [3.8, 4) is 0 Å². The molecule has 3 aliphatic rings. The highest BCUT2D eigenvalue weighted by atomic mass is 32.3. The van der Waals surface area contributed by atoms with Gasteiger partial charge < -0.3 is 5.11 Å². The average molecular weight is 491 g/mol. The number of hydrogen-bond acceptors (Lipinski definition) is 7. The maximum Gasteiger partial charge on any atom is 0.394 e. The number of aromatic nitrogens is 1. The van der Waals surface area contributed by atoms with E-state index in [9.17, 15) is 5.11 Å². The van der Waals surface area contributed by atoms with E-state index < -0.39 is 26.9 Å². The lowest BCUT2D eigenvalue weighted by Crippen LogP contribution is -2.54. The van der Waals surface area contributed by atoms with E-state index in [0.29, 0.717) is 11.8 Å². The van der Waals surface area contributed by atoms with Gasteiger partial charge in [-0.15, -0.1) is 6.58 Å². The van der Waals surface area contributed by atoms with E-state index >= 15 is 0 Å². The molecule has 0 amide bonds. The fourth-order valence-electron chi connectivity index (χ4n) is 4.29. The Bertz CT molecular complexity index is 1090. The predicted molar refractivity (Wildman–Crippen MR) is 117 cm³/mol. The number of aliphatic hydroxyl groups excluding tert-OH is 1. The zero-order valence-electron chi connectivity index (χ0n) is 17.0. The number of para-hydroxylation sites is 1. The third-order valence-corrected chi connectivity index (χ3v) is 5.52. The van der Waals surface area contributed by atoms with Gasteiger partial charge in [-0.25, -0.2) is 0 Å². The van der Waals surface area contributed by atoms with Gasteiger partial charge in [-0.3, -0.25) is 28.1 Å². The number of benzene rings is 1. The lowest BCUT2D eigenvalue weighted by atomic mass is 9.73. The summed E-state index contributed by atoms with van der Waals surface area (Å²) in [7, 11) is -9.33. The molecule has 5 N–H and O–H groups in total. The van der Waals surface area contributed by atoms with Crippen LogP contribution in [0.4, 0.5) is 0 Å². The minimum absolute atomic E-state index is 0.223. The van der Waals surface area contributed by atoms with Crippen LogP contribution in [0.3, 0.4) is 0 Å². The molecule has 1 aromatic heterocycles. The van der Waals surface area contributed by atoms with Gasteiger partial charge in [0.05, 0.1) is 11.6 Å². The quantitative estimate of drug-likeness (QED) is 0.312. The predicted octanol–water partition coefficient (Wildman–Crippen LogP) is 1.86. The Kier molecular flexibility index (Phi) is 8.84. The number of pyridine rings is 1. The molecule has 0 spiro atoms. The second kappa shape index (κ2) is 10.8. The smallest absolute Gasteiger partial charge is 0.387 e. The first-order chi connectivity index (χ1) is 14.8. The summed E-state index contributed by atoms with van der Waals surface area (Å²) in [6.45, 7) is 6.11. The van der Waals surface area contributed by atoms with Gasteiger partial charge in [0.1, 0.15) is 0 Å². The van der Waals surface area contributed by atoms with Crippen molar-refractivity contribution in [2.45, 2.75) is 25.0 Å². The molecule has 3 saturated heterocycles. The molecule has 5 rings (SSSR count). The van der Waals surface area contributed by atoms with Gasteiger partial charge in [0.2, 0.25) is 0 Å². The van der Waals surface area contributed by atoms with Crippen LogP contribution in [0.25, 0.3) is 10.9 Å². The third kappa shape index (κ3) is 8.18. The Labute approximate surface area is 186 Å². The van der Waals surface area contributed by atoms with Crippen LogP contribution in [-0.4, -0.2) is 69.2 Å². The van der Waals surface area contributed by atoms with Gasteiger partial charge in [0, 0.05) is 24.2 Å². The van der Waals surface area contributed by atoms with Crippen LogP contribution in [0.5, 0.6) is 0 Å². The molecule has 2 aromatic rings. The Hall–Kier alpha value is -1.97. The molecule has 4 heterocycles. The van der Waals surface area contributed by atoms with Crippen LogP contribution < -0.4 is 0 Å². The third-order valence-electron chi connectivity index (χ3n) is 5.52. The summed E-state index contributed by atoms with van der Waals surface area (Å²) < 4.78 is 63.2. The van der Waals surface area contributed by atoms with Crippen LogP contribution in [0, 0.1) is 11.8 Å². The minimum atomic E-state index is -4.67. The lowest BCUT2D eigenvalue weighted by molar-refractivity contribution is -0.0444. The van der Waals surface area contributed by atoms with Crippen molar-refractivity contribution >= 4 is 31.7 Å². The zero-order chi connectivity index (χ0) is 24.1. The Morgan fingerprint density at radius 3 is 2.19 bits per heavy atom. The molecular formula is C19H26N2O9S2. The lowest BCUT2D eigenvalue weighted by Gasteiger charge is -2.50. The highest BCUT2D eigenvalue weighted by Crippen LogP contribution is 2.41. The Morgan fingerprint density at radius 2 is 1.66 bits per heavy atom. The monoisotopic (exact) mass is 490 g/mol. The summed E-state index contributed by atoms with van der Waals surface area (Å²) in [4.78, 5) is 6.86. The van der Waals surface area contributed by atoms with E-state index in [1.165, 1.54) is 6.42 Å². The molecule has 0 saturated carbocycles. The summed E-state index contributed by atoms with van der Waals surface area (Å²) in [5, 5.41) is 12.1. The second-order valence-corrected chi connectivity index (χ2v) is 9.30. The van der Waals surface area contributed by atoms with Crippen molar-refractivity contribution in [2.24, 2.45) is 11.8 Å². The molecule has 3 aliphatic heterocycles. The molecule has 0 aliphatic carbocycles. The number of aliphatic hydroxyl groups is 1. The van der Waals surface area contributed by atoms with Crippen LogP contribution in [0.2, 0.25) is 0 Å². The first-order valence-corrected chi connectivity index (χ1v) is 12.4. The summed E-state index contributed by atoms with van der Waals surface area (Å²) in [6, 6.07) is 10.3. The summed E-state index contributed by atoms with van der Waals surface area (Å²) in [6.07, 6.45) is 5.76. The molecule has 2 bridgehead atoms. The van der Waals surface area contributed by atoms with Gasteiger partial charge in [-0.1, -0.05) is 24.3 Å². The topological polar surface area (TPSA) is 186 Å². The van der Waals surface area contributed by atoms with Crippen molar-refractivity contribution in [3.05, 3.63) is 54.7 Å². The molecule has 1 aromatic carbocycles. The molecular weight excluding hydrogens is 464 g/mol. The van der Waals surface area contributed by atoms with Crippen molar-refractivity contribution in [1.82, 2.24) is 9.88 Å². The normalized spacial score (nSPS) is 25.7. The highest BCUT2D eigenvalue weighted by Gasteiger charge is 2.42. The van der Waals surface area contributed by atoms with Gasteiger partial charge in [-0.05, 0) is 48.9 Å². The number of piperidine rings is 3. The average Bonchev–Trinajstić information content (AvgIpc) is 2.70. The SMILES string of the molecule is C=CC1CN2CCC1CC2C(O)c1ccnc2ccccc12.O=S(=O)(O)O.O=S(=O)(O)O. The number of hydrogen-bond donors (Lipinski definition) is 5. The van der Waals surface area contributed by atoms with Crippen molar-refractivity contribution in [1.29, 1.82) is 0 Å². The van der Waals surface area contributed by atoms with Crippen LogP contribution >= 0.6 is 0 Å². The van der Waals surface area contributed by atoms with Crippen molar-refractivity contribution < 1.29 is 40.2 Å². The zero-order valence-corrected chi connectivity index (χ0v) is 18.6. The summed E-state index contributed by atoms with van der Waals surface area (Å²) >= 11 is 0. The van der Waals surface area contributed by atoms with E-state index in [-0.39, 0.29) is 6.04 Å². The maximum absolute atomic E-state index is 11.0. The largest absolute Gasteiger partial charge is 0.394 e. The van der Waals surface area contributed by atoms with E-state index in [1.807, 2.05) is 30.5 Å². The minimum Gasteiger partial charge on any atom is -0.387 e. The van der Waals surface area contributed by atoms with E-state index in [2.05, 4.69) is 28.6 Å².